The number of rotatable bonds is 6. The molecule has 0 radical (unpaired) electrons. The van der Waals surface area contributed by atoms with Gasteiger partial charge in [-0.15, -0.1) is 0 Å². The van der Waals surface area contributed by atoms with Crippen molar-refractivity contribution in [1.29, 1.82) is 0 Å². The molecule has 0 aliphatic heterocycles. The van der Waals surface area contributed by atoms with E-state index >= 15 is 0 Å². The molecule has 0 aliphatic rings. The van der Waals surface area contributed by atoms with E-state index < -0.39 is 0 Å². The van der Waals surface area contributed by atoms with Gasteiger partial charge in [0.15, 0.2) is 0 Å². The molecule has 2 rings (SSSR count). The van der Waals surface area contributed by atoms with Crippen LogP contribution in [-0.2, 0) is 28.1 Å². The first-order valence-corrected chi connectivity index (χ1v) is 11.0. The van der Waals surface area contributed by atoms with Crippen molar-refractivity contribution in [3.05, 3.63) is 57.6 Å². The van der Waals surface area contributed by atoms with Crippen LogP contribution in [0.25, 0.3) is 0 Å². The van der Waals surface area contributed by atoms with E-state index in [1.165, 1.54) is 33.4 Å². The largest absolute Gasteiger partial charge is 0.398 e. The summed E-state index contributed by atoms with van der Waals surface area (Å²) < 4.78 is 1.92. The van der Waals surface area contributed by atoms with Crippen LogP contribution in [0.3, 0.4) is 0 Å². The number of anilines is 2. The van der Waals surface area contributed by atoms with Crippen LogP contribution in [0, 0.1) is 0 Å². The maximum atomic E-state index is 6.17. The van der Waals surface area contributed by atoms with Gasteiger partial charge in [-0.05, 0) is 64.8 Å². The Morgan fingerprint density at radius 1 is 0.696 bits per heavy atom. The SMILES string of the molecule is CCc1c(Cc2ccc(N)c(CI)c2CC)ccc(N)c1CI. The molecule has 0 heterocycles. The third kappa shape index (κ3) is 3.95. The number of halogens is 2. The molecule has 0 bridgehead atoms. The van der Waals surface area contributed by atoms with Gasteiger partial charge >= 0.3 is 0 Å². The van der Waals surface area contributed by atoms with Crippen molar-refractivity contribution in [3.8, 4) is 0 Å². The summed E-state index contributed by atoms with van der Waals surface area (Å²) in [6.45, 7) is 4.43. The Balaban J connectivity index is 2.52. The number of benzene rings is 2. The maximum Gasteiger partial charge on any atom is 0.0357 e. The summed E-state index contributed by atoms with van der Waals surface area (Å²) >= 11 is 4.82. The van der Waals surface area contributed by atoms with Crippen LogP contribution in [0.2, 0.25) is 0 Å². The molecule has 0 aliphatic carbocycles. The first-order chi connectivity index (χ1) is 11.1. The average Bonchev–Trinajstić information content (AvgIpc) is 2.56. The minimum atomic E-state index is 0.918. The van der Waals surface area contributed by atoms with E-state index in [1.807, 2.05) is 0 Å². The number of nitrogen functional groups attached to an aromatic ring is 2. The van der Waals surface area contributed by atoms with Crippen LogP contribution >= 0.6 is 45.2 Å². The van der Waals surface area contributed by atoms with Gasteiger partial charge in [0.2, 0.25) is 0 Å². The fourth-order valence-electron chi connectivity index (χ4n) is 3.25. The van der Waals surface area contributed by atoms with Crippen LogP contribution in [0.15, 0.2) is 24.3 Å². The lowest BCUT2D eigenvalue weighted by Gasteiger charge is -2.18. The van der Waals surface area contributed by atoms with Gasteiger partial charge in [0.25, 0.3) is 0 Å². The first kappa shape index (κ1) is 18.8. The molecule has 2 aromatic carbocycles. The molecule has 0 saturated heterocycles. The van der Waals surface area contributed by atoms with E-state index in [4.69, 9.17) is 11.5 Å². The minimum Gasteiger partial charge on any atom is -0.398 e. The zero-order valence-electron chi connectivity index (χ0n) is 13.8. The lowest BCUT2D eigenvalue weighted by Crippen LogP contribution is -2.06. The Morgan fingerprint density at radius 3 is 1.39 bits per heavy atom. The summed E-state index contributed by atoms with van der Waals surface area (Å²) in [5, 5.41) is 0. The van der Waals surface area contributed by atoms with Crippen LogP contribution in [0.4, 0.5) is 11.4 Å². The van der Waals surface area contributed by atoms with Gasteiger partial charge in [0.05, 0.1) is 0 Å². The van der Waals surface area contributed by atoms with Crippen molar-refractivity contribution in [2.24, 2.45) is 0 Å². The van der Waals surface area contributed by atoms with Gasteiger partial charge in [0.1, 0.15) is 0 Å². The second-order valence-corrected chi connectivity index (χ2v) is 7.22. The maximum absolute atomic E-state index is 6.17. The third-order valence-electron chi connectivity index (χ3n) is 4.48. The molecule has 0 amide bonds. The van der Waals surface area contributed by atoms with Gasteiger partial charge in [-0.25, -0.2) is 0 Å². The molecular weight excluding hydrogens is 510 g/mol. The van der Waals surface area contributed by atoms with Crippen molar-refractivity contribution in [3.63, 3.8) is 0 Å². The summed E-state index contributed by atoms with van der Waals surface area (Å²) in [6.07, 6.45) is 3.00. The molecule has 0 unspecified atom stereocenters. The average molecular weight is 534 g/mol. The highest BCUT2D eigenvalue weighted by Crippen LogP contribution is 2.30. The molecule has 2 aromatic rings. The fraction of sp³-hybridized carbons (Fsp3) is 0.368. The highest BCUT2D eigenvalue weighted by Gasteiger charge is 2.14. The van der Waals surface area contributed by atoms with Crippen molar-refractivity contribution in [1.82, 2.24) is 0 Å². The molecule has 0 fully saturated rings. The highest BCUT2D eigenvalue weighted by atomic mass is 127. The van der Waals surface area contributed by atoms with E-state index in [9.17, 15) is 0 Å². The molecule has 124 valence electrons. The van der Waals surface area contributed by atoms with E-state index in [2.05, 4.69) is 83.3 Å². The molecule has 4 N–H and O–H groups in total. The molecule has 0 saturated carbocycles. The van der Waals surface area contributed by atoms with E-state index in [0.717, 1.165) is 39.5 Å². The molecule has 4 heteroatoms. The summed E-state index contributed by atoms with van der Waals surface area (Å²) in [7, 11) is 0. The van der Waals surface area contributed by atoms with Crippen LogP contribution in [0.1, 0.15) is 47.2 Å². The van der Waals surface area contributed by atoms with Gasteiger partial charge in [-0.2, -0.15) is 0 Å². The number of alkyl halides is 2. The van der Waals surface area contributed by atoms with Crippen LogP contribution in [0.5, 0.6) is 0 Å². The van der Waals surface area contributed by atoms with Crippen molar-refractivity contribution in [2.45, 2.75) is 42.0 Å². The molecular formula is C19H24I2N2. The normalized spacial score (nSPS) is 11.0. The van der Waals surface area contributed by atoms with Gasteiger partial charge < -0.3 is 11.5 Å². The topological polar surface area (TPSA) is 52.0 Å². The molecule has 0 aromatic heterocycles. The summed E-state index contributed by atoms with van der Waals surface area (Å²) in [5.74, 6) is 0. The summed E-state index contributed by atoms with van der Waals surface area (Å²) in [6, 6.07) is 8.52. The quantitative estimate of drug-likeness (QED) is 0.295. The Hall–Kier alpha value is -0.500. The van der Waals surface area contributed by atoms with Gasteiger partial charge in [-0.3, -0.25) is 0 Å². The Morgan fingerprint density at radius 2 is 1.09 bits per heavy atom. The second-order valence-electron chi connectivity index (χ2n) is 5.69. The molecule has 23 heavy (non-hydrogen) atoms. The van der Waals surface area contributed by atoms with Crippen molar-refractivity contribution >= 4 is 56.6 Å². The lowest BCUT2D eigenvalue weighted by molar-refractivity contribution is 1.00. The fourth-order valence-corrected chi connectivity index (χ4v) is 5.05. The van der Waals surface area contributed by atoms with Crippen molar-refractivity contribution < 1.29 is 0 Å². The summed E-state index contributed by atoms with van der Waals surface area (Å²) in [5.41, 5.74) is 22.4. The standard InChI is InChI=1S/C19H24I2N2/c1-3-14-12(5-7-18(22)16(14)10-20)9-13-6-8-19(23)17(11-21)15(13)4-2/h5-8H,3-4,9-11,22-23H2,1-2H3. The lowest BCUT2D eigenvalue weighted by atomic mass is 9.89. The van der Waals surface area contributed by atoms with Gasteiger partial charge in [-0.1, -0.05) is 71.2 Å². The minimum absolute atomic E-state index is 0.918. The van der Waals surface area contributed by atoms with Crippen LogP contribution < -0.4 is 11.5 Å². The van der Waals surface area contributed by atoms with Crippen LogP contribution in [-0.4, -0.2) is 0 Å². The molecule has 0 spiro atoms. The molecule has 0 atom stereocenters. The van der Waals surface area contributed by atoms with E-state index in [-0.39, 0.29) is 0 Å². The second kappa shape index (κ2) is 8.55. The Kier molecular flexibility index (Phi) is 7.00. The van der Waals surface area contributed by atoms with Gasteiger partial charge in [0, 0.05) is 20.2 Å². The third-order valence-corrected chi connectivity index (χ3v) is 6.01. The number of nitrogens with two attached hydrogens (primary N) is 2. The zero-order chi connectivity index (χ0) is 17.0. The zero-order valence-corrected chi connectivity index (χ0v) is 18.1. The molecule has 2 nitrogen and oxygen atoms in total. The monoisotopic (exact) mass is 534 g/mol. The highest BCUT2D eigenvalue weighted by molar-refractivity contribution is 14.1. The Labute approximate surface area is 166 Å². The van der Waals surface area contributed by atoms with Crippen molar-refractivity contribution in [2.75, 3.05) is 11.5 Å². The van der Waals surface area contributed by atoms with E-state index in [1.54, 1.807) is 0 Å². The van der Waals surface area contributed by atoms with E-state index in [0.29, 0.717) is 0 Å². The number of hydrogen-bond acceptors (Lipinski definition) is 2. The smallest absolute Gasteiger partial charge is 0.0357 e. The first-order valence-electron chi connectivity index (χ1n) is 7.97. The summed E-state index contributed by atoms with van der Waals surface area (Å²) in [4.78, 5) is 0. The number of hydrogen-bond donors (Lipinski definition) is 2. The Bertz CT molecular complexity index is 637. The predicted octanol–water partition coefficient (Wildman–Crippen LogP) is 5.44. The predicted molar refractivity (Wildman–Crippen MR) is 119 cm³/mol.